The molecule has 0 saturated heterocycles. The van der Waals surface area contributed by atoms with Gasteiger partial charge >= 0.3 is 0 Å². The number of benzene rings is 2. The molecule has 5 fully saturated rings. The molecule has 0 heterocycles. The Hall–Kier alpha value is -3.32. The molecule has 0 aromatic heterocycles. The number of carbonyl (C=O) groups is 3. The topological polar surface area (TPSA) is 123 Å². The normalized spacial score (nSPS) is 35.5. The Balaban J connectivity index is 0.000000659. The van der Waals surface area contributed by atoms with Gasteiger partial charge in [0, 0.05) is 12.0 Å². The fourth-order valence-electron chi connectivity index (χ4n) is 13.5. The second-order valence-corrected chi connectivity index (χ2v) is 18.5. The molecule has 7 heteroatoms. The fourth-order valence-corrected chi connectivity index (χ4v) is 13.5. The maximum Gasteiger partial charge on any atom is 0.204 e. The molecule has 2 amide bonds. The minimum atomic E-state index is -0.230. The van der Waals surface area contributed by atoms with E-state index in [1.54, 1.807) is 25.1 Å². The maximum absolute atomic E-state index is 14.8. The number of ketones is 1. The molecule has 2 aromatic rings. The van der Waals surface area contributed by atoms with Crippen molar-refractivity contribution >= 4 is 18.6 Å². The quantitative estimate of drug-likeness (QED) is 0.160. The first-order valence-corrected chi connectivity index (χ1v) is 20.5. The smallest absolute Gasteiger partial charge is 0.204 e. The number of hydrogen-bond acceptors (Lipinski definition) is 4. The molecule has 10 unspecified atom stereocenters. The van der Waals surface area contributed by atoms with Gasteiger partial charge in [-0.25, -0.2) is 4.39 Å². The zero-order valence-electron chi connectivity index (χ0n) is 34.2. The molecule has 5 N–H and O–H groups in total. The molecule has 298 valence electrons. The Morgan fingerprint density at radius 2 is 1.48 bits per heavy atom. The third-order valence-corrected chi connectivity index (χ3v) is 15.5. The molecule has 54 heavy (non-hydrogen) atoms. The molecule has 0 spiro atoms. The number of amides is 2. The van der Waals surface area contributed by atoms with E-state index in [1.165, 1.54) is 69.4 Å². The molecule has 10 atom stereocenters. The van der Waals surface area contributed by atoms with Gasteiger partial charge in [0.1, 0.15) is 5.82 Å². The third-order valence-electron chi connectivity index (χ3n) is 15.5. The fraction of sp³-hybridized carbons (Fsp3) is 0.638. The van der Waals surface area contributed by atoms with Crippen molar-refractivity contribution in [3.8, 4) is 0 Å². The highest BCUT2D eigenvalue weighted by Crippen LogP contribution is 2.73. The van der Waals surface area contributed by atoms with E-state index in [4.69, 9.17) is 9.59 Å². The van der Waals surface area contributed by atoms with Crippen LogP contribution in [-0.4, -0.2) is 29.8 Å². The summed E-state index contributed by atoms with van der Waals surface area (Å²) < 4.78 is 14.8. The van der Waals surface area contributed by atoms with Crippen molar-refractivity contribution < 1.29 is 23.9 Å². The minimum Gasteiger partial charge on any atom is -0.393 e. The Morgan fingerprint density at radius 3 is 2.13 bits per heavy atom. The van der Waals surface area contributed by atoms with Crippen LogP contribution >= 0.6 is 0 Å². The molecule has 2 aromatic carbocycles. The van der Waals surface area contributed by atoms with Crippen LogP contribution in [0.25, 0.3) is 0 Å². The van der Waals surface area contributed by atoms with E-state index in [-0.39, 0.29) is 35.9 Å². The summed E-state index contributed by atoms with van der Waals surface area (Å²) in [5, 5.41) is 11.0. The Labute approximate surface area is 325 Å². The SMILES string of the molecule is C=CC.CC(=O)c1ccc(F)c(Cc2cccc(CC34CCC(C)C3C3CCC5C(C)(CCC6C(C)(C)C(O)CCC65C)C3CC4)c2)c1.NC=O.NC=O. The molecular weight excluding hydrogens is 676 g/mol. The summed E-state index contributed by atoms with van der Waals surface area (Å²) in [7, 11) is 0. The van der Waals surface area contributed by atoms with Gasteiger partial charge in [-0.1, -0.05) is 65.0 Å². The average Bonchev–Trinajstić information content (AvgIpc) is 3.44. The van der Waals surface area contributed by atoms with Crippen molar-refractivity contribution in [2.45, 2.75) is 132 Å². The molecule has 0 aliphatic heterocycles. The van der Waals surface area contributed by atoms with Crippen LogP contribution < -0.4 is 11.5 Å². The second-order valence-electron chi connectivity index (χ2n) is 18.5. The van der Waals surface area contributed by atoms with E-state index in [0.717, 1.165) is 48.0 Å². The summed E-state index contributed by atoms with van der Waals surface area (Å²) in [6, 6.07) is 13.7. The molecule has 5 saturated carbocycles. The van der Waals surface area contributed by atoms with Gasteiger partial charge in [-0.05, 0) is 177 Å². The van der Waals surface area contributed by atoms with Crippen molar-refractivity contribution in [1.82, 2.24) is 0 Å². The number of fused-ring (bicyclic) bond motifs is 7. The van der Waals surface area contributed by atoms with Crippen LogP contribution in [0.2, 0.25) is 0 Å². The molecule has 7 rings (SSSR count). The van der Waals surface area contributed by atoms with Crippen molar-refractivity contribution in [2.24, 2.45) is 68.6 Å². The predicted octanol–water partition coefficient (Wildman–Crippen LogP) is 9.63. The minimum absolute atomic E-state index is 0.0173. The Kier molecular flexibility index (Phi) is 14.2. The first-order chi connectivity index (χ1) is 25.5. The predicted molar refractivity (Wildman–Crippen MR) is 217 cm³/mol. The van der Waals surface area contributed by atoms with Crippen LogP contribution in [0.1, 0.15) is 140 Å². The van der Waals surface area contributed by atoms with Gasteiger partial charge in [-0.15, -0.1) is 6.58 Å². The van der Waals surface area contributed by atoms with Gasteiger partial charge in [0.25, 0.3) is 0 Å². The van der Waals surface area contributed by atoms with E-state index in [2.05, 4.69) is 76.9 Å². The van der Waals surface area contributed by atoms with Gasteiger partial charge in [0.2, 0.25) is 12.8 Å². The highest BCUT2D eigenvalue weighted by atomic mass is 19.1. The lowest BCUT2D eigenvalue weighted by Crippen LogP contribution is -2.63. The summed E-state index contributed by atoms with van der Waals surface area (Å²) in [4.78, 5) is 29.1. The van der Waals surface area contributed by atoms with Gasteiger partial charge in [-0.2, -0.15) is 0 Å². The number of nitrogens with two attached hydrogens (primary N) is 2. The molecular formula is C47H69FN2O4. The number of hydrogen-bond donors (Lipinski definition) is 3. The second kappa shape index (κ2) is 17.6. The van der Waals surface area contributed by atoms with Crippen molar-refractivity contribution in [3.05, 3.63) is 83.2 Å². The average molecular weight is 745 g/mol. The first-order valence-electron chi connectivity index (χ1n) is 20.5. The van der Waals surface area contributed by atoms with Gasteiger partial charge in [0.05, 0.1) is 6.10 Å². The summed E-state index contributed by atoms with van der Waals surface area (Å²) in [5.41, 5.74) is 13.2. The number of aliphatic hydroxyl groups excluding tert-OH is 1. The number of primary amides is 2. The van der Waals surface area contributed by atoms with E-state index in [1.807, 2.05) is 6.92 Å². The van der Waals surface area contributed by atoms with Crippen molar-refractivity contribution in [3.63, 3.8) is 0 Å². The summed E-state index contributed by atoms with van der Waals surface area (Å²) >= 11 is 0. The first kappa shape index (κ1) is 43.4. The van der Waals surface area contributed by atoms with Gasteiger partial charge in [-0.3, -0.25) is 14.4 Å². The molecule has 6 nitrogen and oxygen atoms in total. The number of aliphatic hydroxyl groups is 1. The van der Waals surface area contributed by atoms with Crippen LogP contribution in [0, 0.1) is 63.0 Å². The number of rotatable bonds is 5. The van der Waals surface area contributed by atoms with Crippen LogP contribution in [0.5, 0.6) is 0 Å². The molecule has 5 aliphatic carbocycles. The van der Waals surface area contributed by atoms with E-state index < -0.39 is 0 Å². The lowest BCUT2D eigenvalue weighted by molar-refractivity contribution is -0.216. The lowest BCUT2D eigenvalue weighted by atomic mass is 9.36. The van der Waals surface area contributed by atoms with Crippen LogP contribution in [0.4, 0.5) is 4.39 Å². The van der Waals surface area contributed by atoms with Gasteiger partial charge < -0.3 is 16.6 Å². The lowest BCUT2D eigenvalue weighted by Gasteiger charge is -2.69. The zero-order chi connectivity index (χ0) is 40.1. The molecule has 5 aliphatic rings. The number of halogens is 1. The molecule has 0 bridgehead atoms. The monoisotopic (exact) mass is 745 g/mol. The van der Waals surface area contributed by atoms with Crippen molar-refractivity contribution in [2.75, 3.05) is 0 Å². The standard InChI is InChI=1S/C42H57FO2.C3H6.2CH3NO/c1-26-14-20-42(25-29-9-7-8-28(22-29)23-31-24-30(27(2)44)10-12-34(31)43)21-15-33-32(38(26)42)11-13-36-40(33,5)18-16-35-39(3,4)37(45)17-19-41(35,36)6;1-3-2;2*2-1-3/h7-10,12,22,24,26,32-33,35-38,45H,11,13-21,23,25H2,1-6H3;3H,1H2,2H3;2*1H,(H2,2,3). The number of Topliss-reactive ketones (excluding diaryl/α,β-unsaturated/α-hetero) is 1. The summed E-state index contributed by atoms with van der Waals surface area (Å²) in [6.07, 6.45) is 16.7. The number of allylic oxidation sites excluding steroid dienone is 1. The van der Waals surface area contributed by atoms with Crippen LogP contribution in [0.15, 0.2) is 55.1 Å². The Morgan fingerprint density at radius 1 is 0.870 bits per heavy atom. The van der Waals surface area contributed by atoms with Gasteiger partial charge in [0.15, 0.2) is 5.78 Å². The van der Waals surface area contributed by atoms with E-state index in [0.29, 0.717) is 39.7 Å². The van der Waals surface area contributed by atoms with Crippen LogP contribution in [-0.2, 0) is 22.4 Å². The van der Waals surface area contributed by atoms with Crippen molar-refractivity contribution in [1.29, 1.82) is 0 Å². The highest BCUT2D eigenvalue weighted by molar-refractivity contribution is 5.94. The van der Waals surface area contributed by atoms with E-state index in [9.17, 15) is 14.3 Å². The third kappa shape index (κ3) is 8.27. The van der Waals surface area contributed by atoms with Crippen LogP contribution in [0.3, 0.4) is 0 Å². The Bertz CT molecular complexity index is 1610. The largest absolute Gasteiger partial charge is 0.393 e. The maximum atomic E-state index is 14.8. The molecule has 0 radical (unpaired) electrons. The zero-order valence-corrected chi connectivity index (χ0v) is 34.2. The van der Waals surface area contributed by atoms with E-state index >= 15 is 0 Å². The number of carbonyl (C=O) groups excluding carboxylic acids is 3. The highest BCUT2D eigenvalue weighted by Gasteiger charge is 2.66. The summed E-state index contributed by atoms with van der Waals surface area (Å²) in [6.45, 7) is 19.4. The summed E-state index contributed by atoms with van der Waals surface area (Å²) in [5.74, 6) is 4.37.